The first-order valence-corrected chi connectivity index (χ1v) is 4.92. The smallest absolute Gasteiger partial charge is 0.404 e. The number of hydrogen-bond acceptors (Lipinski definition) is 2. The number of hydrogen-bond donors (Lipinski definition) is 1. The van der Waals surface area contributed by atoms with Gasteiger partial charge in [-0.05, 0) is 16.5 Å². The molecule has 2 N–H and O–H groups in total. The lowest BCUT2D eigenvalue weighted by atomic mass is 9.84. The summed E-state index contributed by atoms with van der Waals surface area (Å²) in [6, 6.07) is 7.90. The number of nitrogens with two attached hydrogens (primary N) is 1. The van der Waals surface area contributed by atoms with Gasteiger partial charge >= 0.3 is 6.09 Å². The van der Waals surface area contributed by atoms with Gasteiger partial charge in [-0.1, -0.05) is 45.0 Å². The lowest BCUT2D eigenvalue weighted by Crippen LogP contribution is -2.17. The monoisotopic (exact) mass is 207 g/mol. The molecule has 82 valence electrons. The summed E-state index contributed by atoms with van der Waals surface area (Å²) in [5, 5.41) is 0. The number of benzene rings is 1. The highest BCUT2D eigenvalue weighted by molar-refractivity contribution is 5.64. The van der Waals surface area contributed by atoms with Gasteiger partial charge in [0.2, 0.25) is 0 Å². The first-order valence-electron chi connectivity index (χ1n) is 4.92. The summed E-state index contributed by atoms with van der Waals surface area (Å²) in [5.74, 6) is 0. The molecule has 0 saturated carbocycles. The second-order valence-corrected chi connectivity index (χ2v) is 4.51. The molecular weight excluding hydrogens is 190 g/mol. The molecule has 0 saturated heterocycles. The third-order valence-corrected chi connectivity index (χ3v) is 2.20. The van der Waals surface area contributed by atoms with Crippen molar-refractivity contribution in [3.63, 3.8) is 0 Å². The summed E-state index contributed by atoms with van der Waals surface area (Å²) in [4.78, 5) is 10.5. The van der Waals surface area contributed by atoms with Gasteiger partial charge in [0.1, 0.15) is 6.61 Å². The Balaban J connectivity index is 2.92. The minimum Gasteiger partial charge on any atom is -0.445 e. The predicted molar refractivity (Wildman–Crippen MR) is 59.5 cm³/mol. The van der Waals surface area contributed by atoms with E-state index in [0.29, 0.717) is 0 Å². The van der Waals surface area contributed by atoms with E-state index in [1.54, 1.807) is 0 Å². The van der Waals surface area contributed by atoms with Crippen molar-refractivity contribution in [1.29, 1.82) is 0 Å². The fraction of sp³-hybridized carbons (Fsp3) is 0.417. The fourth-order valence-corrected chi connectivity index (χ4v) is 1.53. The standard InChI is InChI=1S/C12H17NO2/c1-12(2,3)10-7-5-4-6-9(10)8-15-11(13)14/h4-7H,8H2,1-3H3,(H2,13,14). The van der Waals surface area contributed by atoms with Gasteiger partial charge in [0.15, 0.2) is 0 Å². The Morgan fingerprint density at radius 2 is 1.93 bits per heavy atom. The number of rotatable bonds is 2. The highest BCUT2D eigenvalue weighted by Gasteiger charge is 2.17. The molecule has 0 bridgehead atoms. The Morgan fingerprint density at radius 1 is 1.33 bits per heavy atom. The topological polar surface area (TPSA) is 52.3 Å². The van der Waals surface area contributed by atoms with Gasteiger partial charge in [-0.2, -0.15) is 0 Å². The maximum Gasteiger partial charge on any atom is 0.404 e. The molecule has 0 aromatic heterocycles. The van der Waals surface area contributed by atoms with Crippen molar-refractivity contribution >= 4 is 6.09 Å². The number of ether oxygens (including phenoxy) is 1. The Morgan fingerprint density at radius 3 is 2.47 bits per heavy atom. The van der Waals surface area contributed by atoms with E-state index in [0.717, 1.165) is 5.56 Å². The Kier molecular flexibility index (Phi) is 3.35. The maximum absolute atomic E-state index is 10.5. The Labute approximate surface area is 90.2 Å². The van der Waals surface area contributed by atoms with Crippen molar-refractivity contribution in [2.75, 3.05) is 0 Å². The third kappa shape index (κ3) is 3.27. The minimum absolute atomic E-state index is 0.0393. The van der Waals surface area contributed by atoms with Crippen LogP contribution < -0.4 is 5.73 Å². The van der Waals surface area contributed by atoms with Gasteiger partial charge < -0.3 is 10.5 Å². The lowest BCUT2D eigenvalue weighted by molar-refractivity contribution is 0.149. The van der Waals surface area contributed by atoms with Crippen LogP contribution in [-0.2, 0) is 16.8 Å². The summed E-state index contributed by atoms with van der Waals surface area (Å²) >= 11 is 0. The molecule has 1 amide bonds. The molecule has 0 spiro atoms. The molecule has 0 atom stereocenters. The van der Waals surface area contributed by atoms with E-state index in [1.165, 1.54) is 5.56 Å². The molecule has 0 aliphatic rings. The summed E-state index contributed by atoms with van der Waals surface area (Å²) < 4.78 is 4.80. The molecule has 0 fully saturated rings. The predicted octanol–water partition coefficient (Wildman–Crippen LogP) is 2.58. The molecule has 0 aliphatic carbocycles. The van der Waals surface area contributed by atoms with E-state index in [2.05, 4.69) is 20.8 Å². The zero-order valence-electron chi connectivity index (χ0n) is 9.41. The molecule has 0 radical (unpaired) electrons. The number of primary amides is 1. The van der Waals surface area contributed by atoms with E-state index < -0.39 is 6.09 Å². The molecule has 1 aromatic carbocycles. The van der Waals surface area contributed by atoms with Crippen LogP contribution in [0.15, 0.2) is 24.3 Å². The van der Waals surface area contributed by atoms with Gasteiger partial charge in [0.05, 0.1) is 0 Å². The first-order chi connectivity index (χ1) is 6.91. The molecular formula is C12H17NO2. The number of carbonyl (C=O) groups excluding carboxylic acids is 1. The largest absolute Gasteiger partial charge is 0.445 e. The van der Waals surface area contributed by atoms with Crippen LogP contribution in [0.5, 0.6) is 0 Å². The maximum atomic E-state index is 10.5. The summed E-state index contributed by atoms with van der Waals surface area (Å²) in [5.41, 5.74) is 7.15. The molecule has 1 aromatic rings. The second kappa shape index (κ2) is 4.34. The van der Waals surface area contributed by atoms with Crippen molar-refractivity contribution in [3.8, 4) is 0 Å². The van der Waals surface area contributed by atoms with Crippen molar-refractivity contribution < 1.29 is 9.53 Å². The average molecular weight is 207 g/mol. The van der Waals surface area contributed by atoms with E-state index in [1.807, 2.05) is 24.3 Å². The zero-order chi connectivity index (χ0) is 11.5. The number of amides is 1. The van der Waals surface area contributed by atoms with E-state index in [9.17, 15) is 4.79 Å². The van der Waals surface area contributed by atoms with Gasteiger partial charge in [-0.15, -0.1) is 0 Å². The lowest BCUT2D eigenvalue weighted by Gasteiger charge is -2.22. The van der Waals surface area contributed by atoms with Crippen LogP contribution in [0.25, 0.3) is 0 Å². The Bertz CT molecular complexity index is 353. The SMILES string of the molecule is CC(C)(C)c1ccccc1COC(N)=O. The summed E-state index contributed by atoms with van der Waals surface area (Å²) in [6.07, 6.45) is -0.737. The molecule has 3 nitrogen and oxygen atoms in total. The van der Waals surface area contributed by atoms with Crippen LogP contribution in [-0.4, -0.2) is 6.09 Å². The molecule has 15 heavy (non-hydrogen) atoms. The van der Waals surface area contributed by atoms with Crippen LogP contribution >= 0.6 is 0 Å². The van der Waals surface area contributed by atoms with Gasteiger partial charge in [-0.25, -0.2) is 4.79 Å². The average Bonchev–Trinajstić information content (AvgIpc) is 2.13. The van der Waals surface area contributed by atoms with Crippen LogP contribution in [0, 0.1) is 0 Å². The van der Waals surface area contributed by atoms with E-state index in [4.69, 9.17) is 10.5 Å². The van der Waals surface area contributed by atoms with Crippen molar-refractivity contribution in [2.24, 2.45) is 5.73 Å². The Hall–Kier alpha value is -1.51. The van der Waals surface area contributed by atoms with E-state index in [-0.39, 0.29) is 12.0 Å². The first kappa shape index (κ1) is 11.6. The van der Waals surface area contributed by atoms with E-state index >= 15 is 0 Å². The highest BCUT2D eigenvalue weighted by Crippen LogP contribution is 2.25. The molecule has 1 rings (SSSR count). The van der Waals surface area contributed by atoms with Crippen molar-refractivity contribution in [2.45, 2.75) is 32.8 Å². The van der Waals surface area contributed by atoms with Gasteiger partial charge in [0, 0.05) is 0 Å². The highest BCUT2D eigenvalue weighted by atomic mass is 16.5. The van der Waals surface area contributed by atoms with Gasteiger partial charge in [0.25, 0.3) is 0 Å². The van der Waals surface area contributed by atoms with Gasteiger partial charge in [-0.3, -0.25) is 0 Å². The minimum atomic E-state index is -0.737. The molecule has 0 heterocycles. The number of carbonyl (C=O) groups is 1. The van der Waals surface area contributed by atoms with Crippen molar-refractivity contribution in [3.05, 3.63) is 35.4 Å². The molecule has 0 aliphatic heterocycles. The fourth-order valence-electron chi connectivity index (χ4n) is 1.53. The van der Waals surface area contributed by atoms with Crippen LogP contribution in [0.4, 0.5) is 4.79 Å². The zero-order valence-corrected chi connectivity index (χ0v) is 9.41. The summed E-state index contributed by atoms with van der Waals surface area (Å²) in [7, 11) is 0. The van der Waals surface area contributed by atoms with Crippen LogP contribution in [0.1, 0.15) is 31.9 Å². The normalized spacial score (nSPS) is 11.1. The molecule has 0 unspecified atom stereocenters. The van der Waals surface area contributed by atoms with Crippen LogP contribution in [0.3, 0.4) is 0 Å². The second-order valence-electron chi connectivity index (χ2n) is 4.51. The molecule has 3 heteroatoms. The van der Waals surface area contributed by atoms with Crippen molar-refractivity contribution in [1.82, 2.24) is 0 Å². The summed E-state index contributed by atoms with van der Waals surface area (Å²) in [6.45, 7) is 6.60. The third-order valence-electron chi connectivity index (χ3n) is 2.20. The van der Waals surface area contributed by atoms with Crippen LogP contribution in [0.2, 0.25) is 0 Å². The quantitative estimate of drug-likeness (QED) is 0.810.